The number of primary amides is 1. The molecule has 0 saturated carbocycles. The highest BCUT2D eigenvalue weighted by Crippen LogP contribution is 2.12. The second kappa shape index (κ2) is 5.19. The number of nitrogens with one attached hydrogen (secondary N) is 1. The summed E-state index contributed by atoms with van der Waals surface area (Å²) in [5, 5.41) is 3.25. The lowest BCUT2D eigenvalue weighted by Crippen LogP contribution is -2.51. The van der Waals surface area contributed by atoms with Gasteiger partial charge < -0.3 is 16.8 Å². The van der Waals surface area contributed by atoms with Crippen molar-refractivity contribution in [2.75, 3.05) is 6.54 Å². The van der Waals surface area contributed by atoms with Gasteiger partial charge in [-0.1, -0.05) is 13.8 Å². The van der Waals surface area contributed by atoms with E-state index in [1.54, 1.807) is 0 Å². The summed E-state index contributed by atoms with van der Waals surface area (Å²) in [5.74, 6) is -0.456. The van der Waals surface area contributed by atoms with Crippen LogP contribution in [0.5, 0.6) is 0 Å². The lowest BCUT2D eigenvalue weighted by Gasteiger charge is -2.29. The summed E-state index contributed by atoms with van der Waals surface area (Å²) >= 11 is 0. The Morgan fingerprint density at radius 1 is 1.46 bits per heavy atom. The van der Waals surface area contributed by atoms with Gasteiger partial charge in [-0.05, 0) is 19.8 Å². The maximum absolute atomic E-state index is 10.7. The molecule has 0 rings (SSSR count). The summed E-state index contributed by atoms with van der Waals surface area (Å²) in [5.41, 5.74) is 10.6. The van der Waals surface area contributed by atoms with Gasteiger partial charge in [0.15, 0.2) is 0 Å². The van der Waals surface area contributed by atoms with E-state index < -0.39 is 11.9 Å². The molecule has 0 aliphatic carbocycles. The highest BCUT2D eigenvalue weighted by atomic mass is 16.1. The molecular formula is C9H21N3O. The minimum atomic E-state index is -0.586. The maximum Gasteiger partial charge on any atom is 0.235 e. The third-order valence-corrected chi connectivity index (χ3v) is 2.67. The van der Waals surface area contributed by atoms with Gasteiger partial charge in [0, 0.05) is 12.1 Å². The van der Waals surface area contributed by atoms with Gasteiger partial charge in [0.05, 0.1) is 6.04 Å². The average molecular weight is 187 g/mol. The third kappa shape index (κ3) is 4.24. The van der Waals surface area contributed by atoms with Crippen molar-refractivity contribution in [1.29, 1.82) is 0 Å². The second-order valence-corrected chi connectivity index (χ2v) is 3.66. The molecule has 1 amide bonds. The van der Waals surface area contributed by atoms with Crippen LogP contribution in [-0.2, 0) is 4.79 Å². The molecule has 1 unspecified atom stereocenters. The molecule has 0 aromatic heterocycles. The number of hydrogen-bond acceptors (Lipinski definition) is 3. The SMILES string of the molecule is CCC(C)(CC)NCC(N)C(N)=O. The van der Waals surface area contributed by atoms with Crippen molar-refractivity contribution < 1.29 is 4.79 Å². The Bertz CT molecular complexity index is 166. The predicted octanol–water partition coefficient (Wildman–Crippen LogP) is -0.0327. The second-order valence-electron chi connectivity index (χ2n) is 3.66. The Morgan fingerprint density at radius 2 is 1.92 bits per heavy atom. The van der Waals surface area contributed by atoms with Crippen LogP contribution < -0.4 is 16.8 Å². The van der Waals surface area contributed by atoms with Crippen LogP contribution in [0.25, 0.3) is 0 Å². The van der Waals surface area contributed by atoms with Crippen molar-refractivity contribution in [1.82, 2.24) is 5.32 Å². The van der Waals surface area contributed by atoms with E-state index in [-0.39, 0.29) is 5.54 Å². The molecule has 0 radical (unpaired) electrons. The Balaban J connectivity index is 3.92. The van der Waals surface area contributed by atoms with Crippen molar-refractivity contribution in [2.45, 2.75) is 45.2 Å². The fourth-order valence-corrected chi connectivity index (χ4v) is 0.957. The predicted molar refractivity (Wildman–Crippen MR) is 54.2 cm³/mol. The van der Waals surface area contributed by atoms with Gasteiger partial charge in [-0.25, -0.2) is 0 Å². The van der Waals surface area contributed by atoms with Crippen molar-refractivity contribution in [2.24, 2.45) is 11.5 Å². The fraction of sp³-hybridized carbons (Fsp3) is 0.889. The Morgan fingerprint density at radius 3 is 2.23 bits per heavy atom. The number of amides is 1. The smallest absolute Gasteiger partial charge is 0.235 e. The molecule has 78 valence electrons. The van der Waals surface area contributed by atoms with Crippen LogP contribution in [0.15, 0.2) is 0 Å². The van der Waals surface area contributed by atoms with Gasteiger partial charge in [-0.2, -0.15) is 0 Å². The molecule has 4 nitrogen and oxygen atoms in total. The standard InChI is InChI=1S/C9H21N3O/c1-4-9(3,5-2)12-6-7(10)8(11)13/h7,12H,4-6,10H2,1-3H3,(H2,11,13). The van der Waals surface area contributed by atoms with Crippen LogP contribution in [0.2, 0.25) is 0 Å². The van der Waals surface area contributed by atoms with Crippen molar-refractivity contribution >= 4 is 5.91 Å². The van der Waals surface area contributed by atoms with Crippen molar-refractivity contribution in [3.05, 3.63) is 0 Å². The summed E-state index contributed by atoms with van der Waals surface area (Å²) in [6, 6.07) is -0.586. The quantitative estimate of drug-likeness (QED) is 0.546. The Labute approximate surface area is 80.0 Å². The molecule has 13 heavy (non-hydrogen) atoms. The van der Waals surface area contributed by atoms with Gasteiger partial charge in [0.2, 0.25) is 5.91 Å². The summed E-state index contributed by atoms with van der Waals surface area (Å²) in [4.78, 5) is 10.7. The number of carbonyl (C=O) groups is 1. The van der Waals surface area contributed by atoms with Gasteiger partial charge in [0.1, 0.15) is 0 Å². The average Bonchev–Trinajstić information content (AvgIpc) is 2.13. The Kier molecular flexibility index (Phi) is 4.95. The lowest BCUT2D eigenvalue weighted by molar-refractivity contribution is -0.119. The zero-order valence-corrected chi connectivity index (χ0v) is 8.76. The maximum atomic E-state index is 10.7. The van der Waals surface area contributed by atoms with Crippen molar-refractivity contribution in [3.8, 4) is 0 Å². The summed E-state index contributed by atoms with van der Waals surface area (Å²) < 4.78 is 0. The molecule has 0 spiro atoms. The van der Waals surface area contributed by atoms with E-state index in [4.69, 9.17) is 11.5 Å². The van der Waals surface area contributed by atoms with Gasteiger partial charge in [0.25, 0.3) is 0 Å². The molecule has 0 saturated heterocycles. The molecule has 0 aromatic rings. The van der Waals surface area contributed by atoms with Crippen LogP contribution >= 0.6 is 0 Å². The zero-order valence-electron chi connectivity index (χ0n) is 8.76. The molecule has 1 atom stereocenters. The summed E-state index contributed by atoms with van der Waals surface area (Å²) in [6.45, 7) is 6.77. The monoisotopic (exact) mass is 187 g/mol. The molecule has 5 N–H and O–H groups in total. The molecule has 0 heterocycles. The lowest BCUT2D eigenvalue weighted by atomic mass is 9.95. The zero-order chi connectivity index (χ0) is 10.5. The molecule has 0 aliphatic heterocycles. The summed E-state index contributed by atoms with van der Waals surface area (Å²) in [7, 11) is 0. The van der Waals surface area contributed by atoms with Crippen LogP contribution in [0.4, 0.5) is 0 Å². The Hall–Kier alpha value is -0.610. The van der Waals surface area contributed by atoms with Crippen LogP contribution in [0.3, 0.4) is 0 Å². The van der Waals surface area contributed by atoms with Crippen molar-refractivity contribution in [3.63, 3.8) is 0 Å². The van der Waals surface area contributed by atoms with E-state index in [1.165, 1.54) is 0 Å². The first-order chi connectivity index (χ1) is 5.95. The molecule has 0 bridgehead atoms. The van der Waals surface area contributed by atoms with E-state index in [2.05, 4.69) is 26.1 Å². The summed E-state index contributed by atoms with van der Waals surface area (Å²) in [6.07, 6.45) is 2.02. The van der Waals surface area contributed by atoms with E-state index in [9.17, 15) is 4.79 Å². The van der Waals surface area contributed by atoms with Gasteiger partial charge in [-0.3, -0.25) is 4.79 Å². The number of hydrogen-bond donors (Lipinski definition) is 3. The first-order valence-electron chi connectivity index (χ1n) is 4.75. The van der Waals surface area contributed by atoms with Gasteiger partial charge in [-0.15, -0.1) is 0 Å². The number of nitrogens with two attached hydrogens (primary N) is 2. The third-order valence-electron chi connectivity index (χ3n) is 2.67. The first-order valence-corrected chi connectivity index (χ1v) is 4.75. The minimum absolute atomic E-state index is 0.0626. The number of rotatable bonds is 6. The van der Waals surface area contributed by atoms with E-state index in [1.807, 2.05) is 0 Å². The van der Waals surface area contributed by atoms with E-state index >= 15 is 0 Å². The van der Waals surface area contributed by atoms with E-state index in [0.717, 1.165) is 12.8 Å². The molecule has 0 aromatic carbocycles. The highest BCUT2D eigenvalue weighted by Gasteiger charge is 2.20. The fourth-order valence-electron chi connectivity index (χ4n) is 0.957. The molecule has 0 fully saturated rings. The molecular weight excluding hydrogens is 166 g/mol. The van der Waals surface area contributed by atoms with Gasteiger partial charge >= 0.3 is 0 Å². The highest BCUT2D eigenvalue weighted by molar-refractivity contribution is 5.79. The van der Waals surface area contributed by atoms with Crippen LogP contribution in [0.1, 0.15) is 33.6 Å². The van der Waals surface area contributed by atoms with Crippen LogP contribution in [-0.4, -0.2) is 24.0 Å². The number of carbonyl (C=O) groups excluding carboxylic acids is 1. The van der Waals surface area contributed by atoms with Crippen LogP contribution in [0, 0.1) is 0 Å². The normalized spacial score (nSPS) is 14.2. The topological polar surface area (TPSA) is 81.1 Å². The largest absolute Gasteiger partial charge is 0.368 e. The molecule has 0 aliphatic rings. The minimum Gasteiger partial charge on any atom is -0.368 e. The molecule has 4 heteroatoms. The van der Waals surface area contributed by atoms with E-state index in [0.29, 0.717) is 6.54 Å². The first kappa shape index (κ1) is 12.4.